The van der Waals surface area contributed by atoms with Crippen LogP contribution in [0.5, 0.6) is 0 Å². The molecule has 3 rings (SSSR count). The third kappa shape index (κ3) is 4.59. The summed E-state index contributed by atoms with van der Waals surface area (Å²) in [5.41, 5.74) is 1.99. The van der Waals surface area contributed by atoms with Gasteiger partial charge in [-0.1, -0.05) is 36.4 Å². The first kappa shape index (κ1) is 20.5. The van der Waals surface area contributed by atoms with Crippen molar-refractivity contribution in [3.63, 3.8) is 0 Å². The zero-order chi connectivity index (χ0) is 20.3. The minimum atomic E-state index is -0.458. The third-order valence-electron chi connectivity index (χ3n) is 5.50. The smallest absolute Gasteiger partial charge is 0.256 e. The zero-order valence-corrected chi connectivity index (χ0v) is 17.2. The summed E-state index contributed by atoms with van der Waals surface area (Å²) < 4.78 is 14.5. The molecule has 5 heteroatoms. The summed E-state index contributed by atoms with van der Waals surface area (Å²) in [6.45, 7) is 7.47. The zero-order valence-electron chi connectivity index (χ0n) is 17.2. The summed E-state index contributed by atoms with van der Waals surface area (Å²) in [5, 5.41) is 0. The van der Waals surface area contributed by atoms with Gasteiger partial charge in [0.2, 0.25) is 0 Å². The van der Waals surface area contributed by atoms with E-state index in [0.717, 1.165) is 24.2 Å². The van der Waals surface area contributed by atoms with Crippen molar-refractivity contribution in [1.82, 2.24) is 14.7 Å². The summed E-state index contributed by atoms with van der Waals surface area (Å²) in [7, 11) is 4.13. The lowest BCUT2D eigenvalue weighted by molar-refractivity contribution is 0.0280. The fourth-order valence-corrected chi connectivity index (χ4v) is 3.95. The first-order valence-corrected chi connectivity index (χ1v) is 9.91. The highest BCUT2D eigenvalue weighted by molar-refractivity contribution is 5.96. The molecular formula is C23H30FN3O. The van der Waals surface area contributed by atoms with Crippen molar-refractivity contribution >= 4 is 5.91 Å². The van der Waals surface area contributed by atoms with Crippen molar-refractivity contribution in [3.8, 4) is 11.1 Å². The van der Waals surface area contributed by atoms with Crippen molar-refractivity contribution < 1.29 is 9.18 Å². The number of carbonyl (C=O) groups excluding carboxylic acids is 1. The summed E-state index contributed by atoms with van der Waals surface area (Å²) in [4.78, 5) is 19.5. The second-order valence-electron chi connectivity index (χ2n) is 8.01. The maximum atomic E-state index is 14.5. The number of piperazine rings is 1. The summed E-state index contributed by atoms with van der Waals surface area (Å²) >= 11 is 0. The molecule has 2 aromatic carbocycles. The highest BCUT2D eigenvalue weighted by atomic mass is 19.1. The highest BCUT2D eigenvalue weighted by Crippen LogP contribution is 2.24. The molecule has 1 heterocycles. The Bertz CT molecular complexity index is 797. The molecule has 2 unspecified atom stereocenters. The van der Waals surface area contributed by atoms with E-state index < -0.39 is 5.82 Å². The maximum Gasteiger partial charge on any atom is 0.256 e. The molecule has 28 heavy (non-hydrogen) atoms. The van der Waals surface area contributed by atoms with Crippen LogP contribution in [-0.4, -0.2) is 73.0 Å². The van der Waals surface area contributed by atoms with E-state index in [1.165, 1.54) is 6.07 Å². The van der Waals surface area contributed by atoms with E-state index in [0.29, 0.717) is 13.1 Å². The van der Waals surface area contributed by atoms with Crippen LogP contribution >= 0.6 is 0 Å². The van der Waals surface area contributed by atoms with Gasteiger partial charge in [-0.25, -0.2) is 4.39 Å². The van der Waals surface area contributed by atoms with Crippen molar-refractivity contribution in [3.05, 3.63) is 59.9 Å². The lowest BCUT2D eigenvalue weighted by Crippen LogP contribution is -2.59. The van der Waals surface area contributed by atoms with Crippen molar-refractivity contribution in [2.75, 3.05) is 40.3 Å². The van der Waals surface area contributed by atoms with E-state index in [9.17, 15) is 9.18 Å². The van der Waals surface area contributed by atoms with Crippen molar-refractivity contribution in [1.29, 1.82) is 0 Å². The summed E-state index contributed by atoms with van der Waals surface area (Å²) in [5.74, 6) is -0.679. The minimum Gasteiger partial charge on any atom is -0.335 e. The molecule has 150 valence electrons. The van der Waals surface area contributed by atoms with Gasteiger partial charge in [0.05, 0.1) is 5.56 Å². The molecule has 0 aromatic heterocycles. The average Bonchev–Trinajstić information content (AvgIpc) is 2.67. The predicted molar refractivity (Wildman–Crippen MR) is 112 cm³/mol. The molecule has 0 spiro atoms. The van der Waals surface area contributed by atoms with Gasteiger partial charge in [0.15, 0.2) is 0 Å². The molecule has 1 aliphatic heterocycles. The van der Waals surface area contributed by atoms with Gasteiger partial charge >= 0.3 is 0 Å². The molecule has 0 radical (unpaired) electrons. The first-order valence-electron chi connectivity index (χ1n) is 9.91. The average molecular weight is 384 g/mol. The molecule has 0 saturated carbocycles. The molecule has 4 nitrogen and oxygen atoms in total. The number of nitrogens with zero attached hydrogens (tertiary/aromatic N) is 3. The SMILES string of the molecule is CC1CN(C(=O)c2cc(-c3ccccc3)ccc2F)CC(C)N1CCN(C)C. The van der Waals surface area contributed by atoms with Crippen molar-refractivity contribution in [2.45, 2.75) is 25.9 Å². The molecule has 0 N–H and O–H groups in total. The van der Waals surface area contributed by atoms with Gasteiger partial charge in [-0.05, 0) is 51.2 Å². The maximum absolute atomic E-state index is 14.5. The number of rotatable bonds is 5. The lowest BCUT2D eigenvalue weighted by Gasteiger charge is -2.44. The van der Waals surface area contributed by atoms with E-state index in [1.807, 2.05) is 30.3 Å². The van der Waals surface area contributed by atoms with E-state index in [-0.39, 0.29) is 23.6 Å². The summed E-state index contributed by atoms with van der Waals surface area (Å²) in [6.07, 6.45) is 0. The van der Waals surface area contributed by atoms with Gasteiger partial charge in [0, 0.05) is 38.3 Å². The first-order chi connectivity index (χ1) is 13.4. The topological polar surface area (TPSA) is 26.8 Å². The molecule has 2 aromatic rings. The van der Waals surface area contributed by atoms with Gasteiger partial charge < -0.3 is 9.80 Å². The van der Waals surface area contributed by atoms with E-state index in [2.05, 4.69) is 37.7 Å². The monoisotopic (exact) mass is 383 g/mol. The van der Waals surface area contributed by atoms with E-state index in [1.54, 1.807) is 17.0 Å². The Kier molecular flexibility index (Phi) is 6.47. The molecule has 0 bridgehead atoms. The molecule has 1 fully saturated rings. The lowest BCUT2D eigenvalue weighted by atomic mass is 10.0. The largest absolute Gasteiger partial charge is 0.335 e. The van der Waals surface area contributed by atoms with Crippen LogP contribution in [0.3, 0.4) is 0 Å². The number of hydrogen-bond acceptors (Lipinski definition) is 3. The molecule has 0 aliphatic carbocycles. The van der Waals surface area contributed by atoms with Crippen LogP contribution in [0.15, 0.2) is 48.5 Å². The van der Waals surface area contributed by atoms with Crippen LogP contribution in [0.25, 0.3) is 11.1 Å². The van der Waals surface area contributed by atoms with Crippen LogP contribution in [0.1, 0.15) is 24.2 Å². The van der Waals surface area contributed by atoms with Crippen LogP contribution in [0.4, 0.5) is 4.39 Å². The second kappa shape index (κ2) is 8.84. The number of amides is 1. The molecule has 2 atom stereocenters. The Morgan fingerprint density at radius 3 is 2.29 bits per heavy atom. The highest BCUT2D eigenvalue weighted by Gasteiger charge is 2.32. The minimum absolute atomic E-state index is 0.155. The third-order valence-corrected chi connectivity index (χ3v) is 5.50. The van der Waals surface area contributed by atoms with E-state index in [4.69, 9.17) is 0 Å². The quantitative estimate of drug-likeness (QED) is 0.790. The van der Waals surface area contributed by atoms with Crippen LogP contribution < -0.4 is 0 Å². The standard InChI is InChI=1S/C23H30FN3O/c1-17-15-26(16-18(2)27(17)13-12-25(3)4)23(28)21-14-20(10-11-22(21)24)19-8-6-5-7-9-19/h5-11,14,17-18H,12-13,15-16H2,1-4H3. The predicted octanol–water partition coefficient (Wildman–Crippen LogP) is 3.59. The van der Waals surface area contributed by atoms with Crippen molar-refractivity contribution in [2.24, 2.45) is 0 Å². The Morgan fingerprint density at radius 2 is 1.68 bits per heavy atom. The Balaban J connectivity index is 1.77. The van der Waals surface area contributed by atoms with Gasteiger partial charge in [-0.2, -0.15) is 0 Å². The fourth-order valence-electron chi connectivity index (χ4n) is 3.95. The van der Waals surface area contributed by atoms with Gasteiger partial charge in [-0.15, -0.1) is 0 Å². The Morgan fingerprint density at radius 1 is 1.04 bits per heavy atom. The molecular weight excluding hydrogens is 353 g/mol. The molecule has 1 aliphatic rings. The molecule has 1 saturated heterocycles. The molecule has 1 amide bonds. The number of hydrogen-bond donors (Lipinski definition) is 0. The Hall–Kier alpha value is -2.24. The van der Waals surface area contributed by atoms with Crippen LogP contribution in [0.2, 0.25) is 0 Å². The Labute approximate surface area is 167 Å². The van der Waals surface area contributed by atoms with E-state index >= 15 is 0 Å². The fraction of sp³-hybridized carbons (Fsp3) is 0.435. The summed E-state index contributed by atoms with van der Waals surface area (Å²) in [6, 6.07) is 15.1. The second-order valence-corrected chi connectivity index (χ2v) is 8.01. The number of likely N-dealkylation sites (N-methyl/N-ethyl adjacent to an activating group) is 1. The number of carbonyl (C=O) groups is 1. The van der Waals surface area contributed by atoms with Gasteiger partial charge in [0.25, 0.3) is 5.91 Å². The number of benzene rings is 2. The van der Waals surface area contributed by atoms with Crippen LogP contribution in [-0.2, 0) is 0 Å². The van der Waals surface area contributed by atoms with Gasteiger partial charge in [0.1, 0.15) is 5.82 Å². The number of halogens is 1. The van der Waals surface area contributed by atoms with Crippen LogP contribution in [0, 0.1) is 5.82 Å². The van der Waals surface area contributed by atoms with Gasteiger partial charge in [-0.3, -0.25) is 9.69 Å². The normalized spacial score (nSPS) is 20.6.